The van der Waals surface area contributed by atoms with Gasteiger partial charge in [-0.1, -0.05) is 26.3 Å². The fourth-order valence-corrected chi connectivity index (χ4v) is 1.19. The molecule has 0 aliphatic heterocycles. The van der Waals surface area contributed by atoms with Crippen molar-refractivity contribution >= 4 is 0 Å². The van der Waals surface area contributed by atoms with Crippen LogP contribution in [0.3, 0.4) is 0 Å². The Morgan fingerprint density at radius 3 is 2.50 bits per heavy atom. The summed E-state index contributed by atoms with van der Waals surface area (Å²) < 4.78 is 26.3. The average Bonchev–Trinajstić information content (AvgIpc) is 2.01. The third kappa shape index (κ3) is 3.84. The second-order valence-electron chi connectivity index (χ2n) is 3.28. The fraction of sp³-hybridized carbons (Fsp3) is 0.800. The number of alkyl halides is 2. The van der Waals surface area contributed by atoms with E-state index in [-0.39, 0.29) is 6.42 Å². The zero-order valence-corrected chi connectivity index (χ0v) is 7.95. The van der Waals surface area contributed by atoms with Crippen molar-refractivity contribution in [2.75, 3.05) is 0 Å². The van der Waals surface area contributed by atoms with Crippen molar-refractivity contribution < 1.29 is 8.78 Å². The Balaban J connectivity index is 3.89. The van der Waals surface area contributed by atoms with Crippen molar-refractivity contribution in [1.29, 1.82) is 0 Å². The minimum atomic E-state index is -2.51. The Labute approximate surface area is 73.7 Å². The van der Waals surface area contributed by atoms with E-state index in [4.69, 9.17) is 0 Å². The molecule has 0 aromatic heterocycles. The topological polar surface area (TPSA) is 0 Å². The van der Waals surface area contributed by atoms with Crippen LogP contribution in [-0.2, 0) is 0 Å². The predicted molar refractivity (Wildman–Crippen MR) is 48.5 cm³/mol. The van der Waals surface area contributed by atoms with Gasteiger partial charge in [-0.15, -0.1) is 6.58 Å². The fourth-order valence-electron chi connectivity index (χ4n) is 1.19. The van der Waals surface area contributed by atoms with Crippen LogP contribution in [0.15, 0.2) is 12.7 Å². The van der Waals surface area contributed by atoms with Gasteiger partial charge in [-0.3, -0.25) is 0 Å². The van der Waals surface area contributed by atoms with E-state index < -0.39 is 11.8 Å². The Kier molecular flexibility index (Phi) is 5.11. The first-order chi connectivity index (χ1) is 5.54. The van der Waals surface area contributed by atoms with Gasteiger partial charge in [0.15, 0.2) is 0 Å². The van der Waals surface area contributed by atoms with E-state index in [2.05, 4.69) is 6.58 Å². The Morgan fingerprint density at radius 2 is 2.08 bits per heavy atom. The van der Waals surface area contributed by atoms with Crippen molar-refractivity contribution in [3.8, 4) is 0 Å². The zero-order valence-electron chi connectivity index (χ0n) is 7.95. The van der Waals surface area contributed by atoms with Crippen molar-refractivity contribution in [2.45, 2.75) is 45.5 Å². The van der Waals surface area contributed by atoms with Gasteiger partial charge in [0.2, 0.25) is 0 Å². The maximum absolute atomic E-state index is 13.1. The van der Waals surface area contributed by atoms with Crippen LogP contribution in [-0.4, -0.2) is 5.92 Å². The smallest absolute Gasteiger partial charge is 0.207 e. The highest BCUT2D eigenvalue weighted by atomic mass is 19.3. The standard InChI is InChI=1S/C10H18F2/c1-4-6-8-10(11,12)9(3)7-5-2/h4,9H,1,5-8H2,2-3H3. The predicted octanol–water partition coefficient (Wildman–Crippen LogP) is 4.02. The molecule has 0 fully saturated rings. The lowest BCUT2D eigenvalue weighted by atomic mass is 9.95. The molecule has 0 heterocycles. The van der Waals surface area contributed by atoms with Crippen LogP contribution in [0.2, 0.25) is 0 Å². The van der Waals surface area contributed by atoms with Crippen LogP contribution >= 0.6 is 0 Å². The van der Waals surface area contributed by atoms with E-state index in [9.17, 15) is 8.78 Å². The van der Waals surface area contributed by atoms with Gasteiger partial charge in [-0.2, -0.15) is 0 Å². The molecule has 0 aromatic carbocycles. The van der Waals surface area contributed by atoms with E-state index in [1.165, 1.54) is 0 Å². The maximum Gasteiger partial charge on any atom is 0.250 e. The number of halogens is 2. The second kappa shape index (κ2) is 5.28. The van der Waals surface area contributed by atoms with Gasteiger partial charge in [0.05, 0.1) is 0 Å². The molecule has 1 atom stereocenters. The van der Waals surface area contributed by atoms with Gasteiger partial charge in [0, 0.05) is 12.3 Å². The lowest BCUT2D eigenvalue weighted by Crippen LogP contribution is -2.25. The van der Waals surface area contributed by atoms with Crippen LogP contribution in [0.4, 0.5) is 8.78 Å². The normalized spacial score (nSPS) is 14.3. The molecule has 2 heteroatoms. The summed E-state index contributed by atoms with van der Waals surface area (Å²) in [6, 6.07) is 0. The van der Waals surface area contributed by atoms with Crippen molar-refractivity contribution in [3.63, 3.8) is 0 Å². The third-order valence-electron chi connectivity index (χ3n) is 2.12. The number of rotatable bonds is 6. The van der Waals surface area contributed by atoms with E-state index in [0.717, 1.165) is 6.42 Å². The molecule has 0 saturated heterocycles. The quantitative estimate of drug-likeness (QED) is 0.536. The summed E-state index contributed by atoms with van der Waals surface area (Å²) in [5, 5.41) is 0. The number of hydrogen-bond acceptors (Lipinski definition) is 0. The molecule has 0 radical (unpaired) electrons. The van der Waals surface area contributed by atoms with Crippen LogP contribution in [0.5, 0.6) is 0 Å². The minimum Gasteiger partial charge on any atom is -0.207 e. The number of hydrogen-bond donors (Lipinski definition) is 0. The van der Waals surface area contributed by atoms with Gasteiger partial charge >= 0.3 is 0 Å². The molecule has 0 rings (SSSR count). The van der Waals surface area contributed by atoms with Crippen LogP contribution < -0.4 is 0 Å². The molecular weight excluding hydrogens is 158 g/mol. The van der Waals surface area contributed by atoms with Crippen LogP contribution in [0.25, 0.3) is 0 Å². The van der Waals surface area contributed by atoms with E-state index in [1.54, 1.807) is 13.0 Å². The van der Waals surface area contributed by atoms with Gasteiger partial charge in [0.25, 0.3) is 5.92 Å². The summed E-state index contributed by atoms with van der Waals surface area (Å²) in [7, 11) is 0. The molecule has 0 aromatic rings. The maximum atomic E-state index is 13.1. The van der Waals surface area contributed by atoms with Gasteiger partial charge in [-0.25, -0.2) is 8.78 Å². The zero-order chi connectivity index (χ0) is 9.61. The Hall–Kier alpha value is -0.400. The molecule has 0 spiro atoms. The first-order valence-electron chi connectivity index (χ1n) is 4.53. The van der Waals surface area contributed by atoms with Crippen LogP contribution in [0, 0.1) is 5.92 Å². The third-order valence-corrected chi connectivity index (χ3v) is 2.12. The largest absolute Gasteiger partial charge is 0.250 e. The minimum absolute atomic E-state index is 0.0579. The SMILES string of the molecule is C=CCCC(F)(F)C(C)CCC. The van der Waals surface area contributed by atoms with Gasteiger partial charge in [0.1, 0.15) is 0 Å². The van der Waals surface area contributed by atoms with E-state index >= 15 is 0 Å². The molecule has 0 nitrogen and oxygen atoms in total. The summed E-state index contributed by atoms with van der Waals surface area (Å²) >= 11 is 0. The molecule has 0 saturated carbocycles. The van der Waals surface area contributed by atoms with Crippen molar-refractivity contribution in [1.82, 2.24) is 0 Å². The highest BCUT2D eigenvalue weighted by Crippen LogP contribution is 2.32. The molecule has 0 bridgehead atoms. The van der Waals surface area contributed by atoms with Crippen LogP contribution in [0.1, 0.15) is 39.5 Å². The Bertz CT molecular complexity index is 130. The summed E-state index contributed by atoms with van der Waals surface area (Å²) in [6.07, 6.45) is 3.32. The summed E-state index contributed by atoms with van der Waals surface area (Å²) in [5.41, 5.74) is 0. The molecule has 72 valence electrons. The summed E-state index contributed by atoms with van der Waals surface area (Å²) in [5.74, 6) is -3.01. The molecule has 0 N–H and O–H groups in total. The van der Waals surface area contributed by atoms with E-state index in [1.807, 2.05) is 6.92 Å². The monoisotopic (exact) mass is 176 g/mol. The molecular formula is C10H18F2. The molecule has 1 unspecified atom stereocenters. The summed E-state index contributed by atoms with van der Waals surface area (Å²) in [4.78, 5) is 0. The molecule has 0 amide bonds. The molecule has 0 aliphatic rings. The van der Waals surface area contributed by atoms with Crippen molar-refractivity contribution in [2.24, 2.45) is 5.92 Å². The molecule has 12 heavy (non-hydrogen) atoms. The average molecular weight is 176 g/mol. The van der Waals surface area contributed by atoms with Crippen molar-refractivity contribution in [3.05, 3.63) is 12.7 Å². The highest BCUT2D eigenvalue weighted by Gasteiger charge is 2.34. The second-order valence-corrected chi connectivity index (χ2v) is 3.28. The first kappa shape index (κ1) is 11.6. The lowest BCUT2D eigenvalue weighted by Gasteiger charge is -2.22. The highest BCUT2D eigenvalue weighted by molar-refractivity contribution is 4.78. The van der Waals surface area contributed by atoms with Gasteiger partial charge in [-0.05, 0) is 12.8 Å². The Morgan fingerprint density at radius 1 is 1.50 bits per heavy atom. The van der Waals surface area contributed by atoms with E-state index in [0.29, 0.717) is 12.8 Å². The summed E-state index contributed by atoms with van der Waals surface area (Å²) in [6.45, 7) is 6.98. The number of allylic oxidation sites excluding steroid dienone is 1. The first-order valence-corrected chi connectivity index (χ1v) is 4.53. The lowest BCUT2D eigenvalue weighted by molar-refractivity contribution is -0.0607. The molecule has 0 aliphatic carbocycles. The van der Waals surface area contributed by atoms with Gasteiger partial charge < -0.3 is 0 Å².